The summed E-state index contributed by atoms with van der Waals surface area (Å²) in [4.78, 5) is 2.44. The van der Waals surface area contributed by atoms with Crippen LogP contribution in [0.3, 0.4) is 0 Å². The lowest BCUT2D eigenvalue weighted by atomic mass is 10.1. The van der Waals surface area contributed by atoms with E-state index in [2.05, 4.69) is 45.1 Å². The fraction of sp³-hybridized carbons (Fsp3) is 0.500. The number of nitrogens with two attached hydrogens (primary N) is 1. The second-order valence-corrected chi connectivity index (χ2v) is 5.18. The number of piperidine rings is 1. The Kier molecular flexibility index (Phi) is 3.78. The first kappa shape index (κ1) is 11.1. The molecule has 2 N–H and O–H groups in total. The van der Waals surface area contributed by atoms with Crippen molar-refractivity contribution in [2.75, 3.05) is 13.1 Å². The summed E-state index contributed by atoms with van der Waals surface area (Å²) in [6.45, 7) is 3.24. The maximum atomic E-state index is 5.96. The summed E-state index contributed by atoms with van der Waals surface area (Å²) in [7, 11) is 0. The van der Waals surface area contributed by atoms with Crippen LogP contribution in [0.4, 0.5) is 0 Å². The zero-order chi connectivity index (χ0) is 10.7. The Morgan fingerprint density at radius 1 is 1.47 bits per heavy atom. The van der Waals surface area contributed by atoms with Gasteiger partial charge in [0.05, 0.1) is 0 Å². The van der Waals surface area contributed by atoms with Crippen molar-refractivity contribution in [2.45, 2.75) is 25.4 Å². The lowest BCUT2D eigenvalue weighted by Crippen LogP contribution is -2.42. The monoisotopic (exact) mass is 268 g/mol. The standard InChI is InChI=1S/C12H17BrN2/c13-11-4-1-3-10(7-11)8-15-6-2-5-12(14)9-15/h1,3-4,7,12H,2,5-6,8-9,14H2. The summed E-state index contributed by atoms with van der Waals surface area (Å²) in [5.41, 5.74) is 7.32. The number of hydrogen-bond acceptors (Lipinski definition) is 2. The number of likely N-dealkylation sites (tertiary alicyclic amines) is 1. The van der Waals surface area contributed by atoms with Gasteiger partial charge in [-0.3, -0.25) is 4.90 Å². The molecular weight excluding hydrogens is 252 g/mol. The molecule has 0 amide bonds. The van der Waals surface area contributed by atoms with E-state index in [4.69, 9.17) is 5.73 Å². The van der Waals surface area contributed by atoms with Gasteiger partial charge in [0.1, 0.15) is 0 Å². The molecule has 0 bridgehead atoms. The van der Waals surface area contributed by atoms with Gasteiger partial charge in [0.25, 0.3) is 0 Å². The van der Waals surface area contributed by atoms with Crippen LogP contribution in [0.1, 0.15) is 18.4 Å². The summed E-state index contributed by atoms with van der Waals surface area (Å²) >= 11 is 3.50. The number of rotatable bonds is 2. The Morgan fingerprint density at radius 3 is 3.07 bits per heavy atom. The van der Waals surface area contributed by atoms with Crippen LogP contribution in [0.15, 0.2) is 28.7 Å². The van der Waals surface area contributed by atoms with Crippen LogP contribution in [0.5, 0.6) is 0 Å². The van der Waals surface area contributed by atoms with Gasteiger partial charge in [-0.25, -0.2) is 0 Å². The highest BCUT2D eigenvalue weighted by molar-refractivity contribution is 9.10. The van der Waals surface area contributed by atoms with E-state index < -0.39 is 0 Å². The van der Waals surface area contributed by atoms with E-state index >= 15 is 0 Å². The predicted molar refractivity (Wildman–Crippen MR) is 66.6 cm³/mol. The van der Waals surface area contributed by atoms with Crippen molar-refractivity contribution in [2.24, 2.45) is 5.73 Å². The lowest BCUT2D eigenvalue weighted by Gasteiger charge is -2.30. The van der Waals surface area contributed by atoms with E-state index in [-0.39, 0.29) is 0 Å². The third kappa shape index (κ3) is 3.30. The van der Waals surface area contributed by atoms with Gasteiger partial charge in [-0.15, -0.1) is 0 Å². The molecule has 1 aromatic carbocycles. The molecule has 3 heteroatoms. The van der Waals surface area contributed by atoms with E-state index in [1.165, 1.54) is 24.9 Å². The molecule has 15 heavy (non-hydrogen) atoms. The Balaban J connectivity index is 1.96. The molecule has 82 valence electrons. The van der Waals surface area contributed by atoms with Gasteiger partial charge >= 0.3 is 0 Å². The molecule has 1 aliphatic heterocycles. The average Bonchev–Trinajstić information content (AvgIpc) is 2.17. The zero-order valence-electron chi connectivity index (χ0n) is 8.82. The summed E-state index contributed by atoms with van der Waals surface area (Å²) in [5.74, 6) is 0. The van der Waals surface area contributed by atoms with E-state index in [9.17, 15) is 0 Å². The maximum absolute atomic E-state index is 5.96. The highest BCUT2D eigenvalue weighted by atomic mass is 79.9. The van der Waals surface area contributed by atoms with Crippen LogP contribution < -0.4 is 5.73 Å². The van der Waals surface area contributed by atoms with Gasteiger partial charge in [0.15, 0.2) is 0 Å². The quantitative estimate of drug-likeness (QED) is 0.893. The molecule has 1 heterocycles. The molecule has 0 spiro atoms. The summed E-state index contributed by atoms with van der Waals surface area (Å²) in [6.07, 6.45) is 2.41. The minimum absolute atomic E-state index is 0.367. The molecule has 1 atom stereocenters. The first-order valence-corrected chi connectivity index (χ1v) is 6.26. The molecule has 1 fully saturated rings. The highest BCUT2D eigenvalue weighted by Crippen LogP contribution is 2.16. The normalized spacial score (nSPS) is 22.9. The van der Waals surface area contributed by atoms with Crippen molar-refractivity contribution in [1.82, 2.24) is 4.90 Å². The Morgan fingerprint density at radius 2 is 2.33 bits per heavy atom. The minimum atomic E-state index is 0.367. The van der Waals surface area contributed by atoms with E-state index in [0.29, 0.717) is 6.04 Å². The topological polar surface area (TPSA) is 29.3 Å². The molecule has 0 aromatic heterocycles. The van der Waals surface area contributed by atoms with Gasteiger partial charge in [-0.2, -0.15) is 0 Å². The number of hydrogen-bond donors (Lipinski definition) is 1. The molecular formula is C12H17BrN2. The van der Waals surface area contributed by atoms with Crippen molar-refractivity contribution in [1.29, 1.82) is 0 Å². The number of nitrogens with zero attached hydrogens (tertiary/aromatic N) is 1. The minimum Gasteiger partial charge on any atom is -0.327 e. The van der Waals surface area contributed by atoms with Crippen LogP contribution in [0, 0.1) is 0 Å². The lowest BCUT2D eigenvalue weighted by molar-refractivity contribution is 0.201. The third-order valence-corrected chi connectivity index (χ3v) is 3.33. The van der Waals surface area contributed by atoms with Crippen LogP contribution >= 0.6 is 15.9 Å². The molecule has 1 aromatic rings. The first-order valence-electron chi connectivity index (χ1n) is 5.46. The van der Waals surface area contributed by atoms with Gasteiger partial charge in [0.2, 0.25) is 0 Å². The van der Waals surface area contributed by atoms with Crippen LogP contribution in [-0.2, 0) is 6.54 Å². The fourth-order valence-corrected chi connectivity index (χ4v) is 2.58. The summed E-state index contributed by atoms with van der Waals surface area (Å²) in [6, 6.07) is 8.87. The maximum Gasteiger partial charge on any atom is 0.0234 e. The van der Waals surface area contributed by atoms with Gasteiger partial charge in [-0.1, -0.05) is 28.1 Å². The molecule has 1 aliphatic rings. The summed E-state index contributed by atoms with van der Waals surface area (Å²) < 4.78 is 1.15. The van der Waals surface area contributed by atoms with E-state index in [0.717, 1.165) is 17.6 Å². The molecule has 2 nitrogen and oxygen atoms in total. The van der Waals surface area contributed by atoms with Gasteiger partial charge in [-0.05, 0) is 37.1 Å². The number of benzene rings is 1. The van der Waals surface area contributed by atoms with Crippen LogP contribution in [0.25, 0.3) is 0 Å². The first-order chi connectivity index (χ1) is 7.24. The Bertz CT molecular complexity index is 327. The van der Waals surface area contributed by atoms with Crippen molar-refractivity contribution in [3.05, 3.63) is 34.3 Å². The molecule has 0 aliphatic carbocycles. The molecule has 0 saturated carbocycles. The second kappa shape index (κ2) is 5.10. The van der Waals surface area contributed by atoms with E-state index in [1.54, 1.807) is 0 Å². The third-order valence-electron chi connectivity index (χ3n) is 2.84. The van der Waals surface area contributed by atoms with Crippen molar-refractivity contribution in [3.63, 3.8) is 0 Å². The Labute approximate surface area is 99.6 Å². The zero-order valence-corrected chi connectivity index (χ0v) is 10.4. The van der Waals surface area contributed by atoms with Crippen LogP contribution in [0.2, 0.25) is 0 Å². The van der Waals surface area contributed by atoms with Gasteiger partial charge < -0.3 is 5.73 Å². The second-order valence-electron chi connectivity index (χ2n) is 4.27. The van der Waals surface area contributed by atoms with Crippen LogP contribution in [-0.4, -0.2) is 24.0 Å². The molecule has 0 radical (unpaired) electrons. The number of halogens is 1. The predicted octanol–water partition coefficient (Wildman–Crippen LogP) is 2.37. The molecule has 2 rings (SSSR count). The largest absolute Gasteiger partial charge is 0.327 e. The highest BCUT2D eigenvalue weighted by Gasteiger charge is 2.16. The van der Waals surface area contributed by atoms with Crippen molar-refractivity contribution < 1.29 is 0 Å². The summed E-state index contributed by atoms with van der Waals surface area (Å²) in [5, 5.41) is 0. The van der Waals surface area contributed by atoms with Gasteiger partial charge in [0, 0.05) is 23.6 Å². The fourth-order valence-electron chi connectivity index (χ4n) is 2.13. The van der Waals surface area contributed by atoms with Crippen molar-refractivity contribution >= 4 is 15.9 Å². The van der Waals surface area contributed by atoms with E-state index in [1.807, 2.05) is 0 Å². The Hall–Kier alpha value is -0.380. The van der Waals surface area contributed by atoms with Crippen molar-refractivity contribution in [3.8, 4) is 0 Å². The average molecular weight is 269 g/mol. The smallest absolute Gasteiger partial charge is 0.0234 e. The molecule has 1 saturated heterocycles. The SMILES string of the molecule is NC1CCCN(Cc2cccc(Br)c2)C1. The molecule has 1 unspecified atom stereocenters.